The van der Waals surface area contributed by atoms with Gasteiger partial charge in [-0.1, -0.05) is 0 Å². The van der Waals surface area contributed by atoms with Crippen LogP contribution in [0.25, 0.3) is 5.76 Å². The molecule has 10 nitrogen and oxygen atoms in total. The van der Waals surface area contributed by atoms with Gasteiger partial charge >= 0.3 is 5.97 Å². The maximum atomic E-state index is 13.2. The van der Waals surface area contributed by atoms with E-state index in [-0.39, 0.29) is 17.0 Å². The third-order valence-electron chi connectivity index (χ3n) is 6.00. The first-order chi connectivity index (χ1) is 16.3. The monoisotopic (exact) mass is 463 g/mol. The summed E-state index contributed by atoms with van der Waals surface area (Å²) < 4.78 is 6.69. The van der Waals surface area contributed by atoms with Crippen LogP contribution in [0.3, 0.4) is 0 Å². The van der Waals surface area contributed by atoms with Gasteiger partial charge in [0.1, 0.15) is 11.5 Å². The highest BCUT2D eigenvalue weighted by atomic mass is 16.5. The van der Waals surface area contributed by atoms with Crippen molar-refractivity contribution < 1.29 is 24.2 Å². The smallest absolute Gasteiger partial charge is 0.354 e. The number of imidazole rings is 1. The summed E-state index contributed by atoms with van der Waals surface area (Å²) in [7, 11) is 1.26. The number of Topliss-reactive ketones (excluding diaryl/α,β-unsaturated/α-hetero) is 1. The number of nitrogens with zero attached hydrogens (tertiary/aromatic N) is 4. The predicted molar refractivity (Wildman–Crippen MR) is 122 cm³/mol. The van der Waals surface area contributed by atoms with Crippen molar-refractivity contribution in [3.05, 3.63) is 76.9 Å². The van der Waals surface area contributed by atoms with E-state index in [0.717, 1.165) is 0 Å². The number of esters is 1. The number of aliphatic hydroxyl groups excluding tert-OH is 1. The Bertz CT molecular complexity index is 1260. The van der Waals surface area contributed by atoms with Crippen molar-refractivity contribution in [2.75, 3.05) is 13.7 Å². The zero-order chi connectivity index (χ0) is 24.4. The maximum Gasteiger partial charge on any atom is 0.354 e. The van der Waals surface area contributed by atoms with Gasteiger partial charge in [-0.3, -0.25) is 14.6 Å². The van der Waals surface area contributed by atoms with Gasteiger partial charge in [-0.2, -0.15) is 0 Å². The van der Waals surface area contributed by atoms with Crippen LogP contribution in [0.5, 0.6) is 0 Å². The Labute approximate surface area is 195 Å². The quantitative estimate of drug-likeness (QED) is 0.238. The van der Waals surface area contributed by atoms with E-state index in [2.05, 4.69) is 15.0 Å². The normalized spacial score (nSPS) is 17.4. The Kier molecular flexibility index (Phi) is 6.31. The summed E-state index contributed by atoms with van der Waals surface area (Å²) in [5.41, 5.74) is 2.02. The number of nitrogens with one attached hydrogen (secondary N) is 1. The number of carbonyl (C=O) groups excluding carboxylic acids is 3. The number of carbonyl (C=O) groups is 3. The highest BCUT2D eigenvalue weighted by Crippen LogP contribution is 2.40. The van der Waals surface area contributed by atoms with Crippen molar-refractivity contribution in [3.8, 4) is 0 Å². The number of rotatable bonds is 7. The molecule has 10 heteroatoms. The molecule has 1 fully saturated rings. The number of hydrogen-bond donors (Lipinski definition) is 2. The van der Waals surface area contributed by atoms with Gasteiger partial charge in [0.15, 0.2) is 0 Å². The van der Waals surface area contributed by atoms with Gasteiger partial charge in [0.25, 0.3) is 11.7 Å². The molecule has 176 valence electrons. The lowest BCUT2D eigenvalue weighted by molar-refractivity contribution is -0.139. The second kappa shape index (κ2) is 9.34. The van der Waals surface area contributed by atoms with Gasteiger partial charge in [-0.15, -0.1) is 0 Å². The number of methoxy groups -OCH3 is 1. The van der Waals surface area contributed by atoms with Crippen molar-refractivity contribution in [2.24, 2.45) is 0 Å². The summed E-state index contributed by atoms with van der Waals surface area (Å²) in [5.74, 6) is -2.39. The van der Waals surface area contributed by atoms with Crippen LogP contribution in [-0.2, 0) is 20.9 Å². The molecule has 1 amide bonds. The summed E-state index contributed by atoms with van der Waals surface area (Å²) in [4.78, 5) is 50.8. The van der Waals surface area contributed by atoms with Crippen molar-refractivity contribution in [3.63, 3.8) is 0 Å². The number of ether oxygens (including phenoxy) is 1. The van der Waals surface area contributed by atoms with Crippen LogP contribution in [-0.4, -0.2) is 60.8 Å². The molecule has 1 atom stereocenters. The van der Waals surface area contributed by atoms with Crippen molar-refractivity contribution in [1.29, 1.82) is 0 Å². The average molecular weight is 463 g/mol. The maximum absolute atomic E-state index is 13.2. The molecule has 0 spiro atoms. The lowest BCUT2D eigenvalue weighted by Crippen LogP contribution is -2.31. The average Bonchev–Trinajstić information content (AvgIpc) is 3.52. The van der Waals surface area contributed by atoms with Crippen LogP contribution in [0, 0.1) is 13.8 Å². The van der Waals surface area contributed by atoms with Gasteiger partial charge in [0.05, 0.1) is 25.1 Å². The summed E-state index contributed by atoms with van der Waals surface area (Å²) in [5, 5.41) is 11.3. The first-order valence-corrected chi connectivity index (χ1v) is 10.8. The number of pyridine rings is 1. The summed E-state index contributed by atoms with van der Waals surface area (Å²) in [6.07, 6.45) is 8.91. The second-order valence-corrected chi connectivity index (χ2v) is 8.04. The zero-order valence-corrected chi connectivity index (χ0v) is 19.1. The Morgan fingerprint density at radius 1 is 1.15 bits per heavy atom. The summed E-state index contributed by atoms with van der Waals surface area (Å²) in [6.45, 7) is 4.24. The molecular formula is C24H25N5O5. The van der Waals surface area contributed by atoms with E-state index in [0.29, 0.717) is 41.9 Å². The highest BCUT2D eigenvalue weighted by Gasteiger charge is 2.46. The zero-order valence-electron chi connectivity index (χ0n) is 19.1. The Morgan fingerprint density at radius 2 is 1.88 bits per heavy atom. The van der Waals surface area contributed by atoms with E-state index in [9.17, 15) is 19.5 Å². The molecule has 1 aliphatic heterocycles. The molecular weight excluding hydrogens is 438 g/mol. The highest BCUT2D eigenvalue weighted by molar-refractivity contribution is 6.46. The van der Waals surface area contributed by atoms with E-state index in [1.807, 2.05) is 10.8 Å². The van der Waals surface area contributed by atoms with E-state index in [1.54, 1.807) is 50.9 Å². The number of amides is 1. The van der Waals surface area contributed by atoms with Crippen molar-refractivity contribution >= 4 is 23.4 Å². The number of aromatic nitrogens is 4. The predicted octanol–water partition coefficient (Wildman–Crippen LogP) is 2.52. The number of aromatic amines is 1. The number of likely N-dealkylation sites (tertiary alicyclic amines) is 1. The lowest BCUT2D eigenvalue weighted by atomic mass is 9.94. The van der Waals surface area contributed by atoms with Crippen LogP contribution in [0.15, 0.2) is 48.8 Å². The van der Waals surface area contributed by atoms with Crippen LogP contribution in [0.1, 0.15) is 45.3 Å². The lowest BCUT2D eigenvalue weighted by Gasteiger charge is -2.25. The molecule has 0 aliphatic carbocycles. The standard InChI is InChI=1S/C24H25N5O5/c1-14-17(15(2)27-19(14)24(33)34-3)21(30)18-20(16-5-7-25-8-6-16)29(23(32)22(18)31)11-4-10-28-12-9-26-13-28/h5-9,12-13,20,27,30H,4,10-11H2,1-3H3/b21-18+/t20-/m0/s1. The van der Waals surface area contributed by atoms with Crippen LogP contribution in [0.2, 0.25) is 0 Å². The third kappa shape index (κ3) is 3.98. The van der Waals surface area contributed by atoms with Crippen LogP contribution < -0.4 is 0 Å². The first kappa shape index (κ1) is 23.0. The molecule has 0 saturated carbocycles. The van der Waals surface area contributed by atoms with E-state index < -0.39 is 23.7 Å². The van der Waals surface area contributed by atoms with Gasteiger partial charge in [0.2, 0.25) is 0 Å². The van der Waals surface area contributed by atoms with Crippen molar-refractivity contribution in [1.82, 2.24) is 24.4 Å². The molecule has 2 N–H and O–H groups in total. The molecule has 1 aliphatic rings. The number of ketones is 1. The Balaban J connectivity index is 1.78. The van der Waals surface area contributed by atoms with Gasteiger partial charge in [0, 0.05) is 49.1 Å². The Hall–Kier alpha value is -4.21. The number of aryl methyl sites for hydroxylation is 2. The largest absolute Gasteiger partial charge is 0.507 e. The van der Waals surface area contributed by atoms with E-state index in [1.165, 1.54) is 12.0 Å². The molecule has 0 bridgehead atoms. The van der Waals surface area contributed by atoms with E-state index >= 15 is 0 Å². The fourth-order valence-corrected chi connectivity index (χ4v) is 4.39. The molecule has 3 aromatic heterocycles. The first-order valence-electron chi connectivity index (χ1n) is 10.8. The van der Waals surface area contributed by atoms with Crippen LogP contribution >= 0.6 is 0 Å². The van der Waals surface area contributed by atoms with Crippen molar-refractivity contribution in [2.45, 2.75) is 32.9 Å². The minimum Gasteiger partial charge on any atom is -0.507 e. The number of H-pyrrole nitrogens is 1. The Morgan fingerprint density at radius 3 is 2.53 bits per heavy atom. The fraction of sp³-hybridized carbons (Fsp3) is 0.292. The van der Waals surface area contributed by atoms with Gasteiger partial charge < -0.3 is 24.3 Å². The van der Waals surface area contributed by atoms with Gasteiger partial charge in [-0.05, 0) is 43.5 Å². The fourth-order valence-electron chi connectivity index (χ4n) is 4.39. The SMILES string of the molecule is COC(=O)c1[nH]c(C)c(/C(O)=C2\C(=O)C(=O)N(CCCn3ccnc3)[C@H]2c2ccncc2)c1C. The van der Waals surface area contributed by atoms with Crippen LogP contribution in [0.4, 0.5) is 0 Å². The number of hydrogen-bond acceptors (Lipinski definition) is 7. The minimum absolute atomic E-state index is 0.0274. The molecule has 0 radical (unpaired) electrons. The summed E-state index contributed by atoms with van der Waals surface area (Å²) >= 11 is 0. The molecule has 0 aromatic carbocycles. The number of aliphatic hydroxyl groups is 1. The van der Waals surface area contributed by atoms with Gasteiger partial charge in [-0.25, -0.2) is 9.78 Å². The minimum atomic E-state index is -0.791. The molecule has 4 rings (SSSR count). The molecule has 3 aromatic rings. The summed E-state index contributed by atoms with van der Waals surface area (Å²) in [6, 6.07) is 2.63. The molecule has 0 unspecified atom stereocenters. The second-order valence-electron chi connectivity index (χ2n) is 8.04. The topological polar surface area (TPSA) is 130 Å². The van der Waals surface area contributed by atoms with E-state index in [4.69, 9.17) is 4.74 Å². The molecule has 34 heavy (non-hydrogen) atoms. The molecule has 1 saturated heterocycles. The molecule has 4 heterocycles. The third-order valence-corrected chi connectivity index (χ3v) is 6.00.